The Balaban J connectivity index is 2.28. The molecule has 5 nitrogen and oxygen atoms in total. The number of aliphatic carboxylic acids is 1. The second-order valence-corrected chi connectivity index (χ2v) is 5.13. The maximum Gasteiger partial charge on any atom is 0.303 e. The van der Waals surface area contributed by atoms with Gasteiger partial charge in [0, 0.05) is 30.1 Å². The first-order valence-electron chi connectivity index (χ1n) is 7.01. The van der Waals surface area contributed by atoms with Gasteiger partial charge in [0.1, 0.15) is 0 Å². The van der Waals surface area contributed by atoms with Crippen molar-refractivity contribution in [1.29, 1.82) is 0 Å². The third kappa shape index (κ3) is 7.11. The molecule has 0 heterocycles. The number of amides is 1. The Morgan fingerprint density at radius 3 is 2.48 bits per heavy atom. The molecular weight excluding hydrogens is 292 g/mol. The van der Waals surface area contributed by atoms with Crippen molar-refractivity contribution in [3.05, 3.63) is 34.9 Å². The molecular formula is C15H21ClN2O3. The second kappa shape index (κ2) is 9.37. The predicted octanol–water partition coefficient (Wildman–Crippen LogP) is 2.26. The highest BCUT2D eigenvalue weighted by atomic mass is 35.5. The Kier molecular flexibility index (Phi) is 7.79. The Hall–Kier alpha value is -1.59. The fourth-order valence-electron chi connectivity index (χ4n) is 1.91. The quantitative estimate of drug-likeness (QED) is 0.734. The minimum absolute atomic E-state index is 0.131. The van der Waals surface area contributed by atoms with Crippen LogP contribution in [0.1, 0.15) is 30.1 Å². The monoisotopic (exact) mass is 312 g/mol. The molecule has 0 aromatic heterocycles. The lowest BCUT2D eigenvalue weighted by molar-refractivity contribution is -0.137. The molecule has 0 radical (unpaired) electrons. The van der Waals surface area contributed by atoms with Crippen LogP contribution < -0.4 is 5.32 Å². The highest BCUT2D eigenvalue weighted by Gasteiger charge is 2.07. The molecule has 1 rings (SSSR count). The summed E-state index contributed by atoms with van der Waals surface area (Å²) in [6.45, 7) is 4.80. The first-order valence-corrected chi connectivity index (χ1v) is 7.38. The van der Waals surface area contributed by atoms with E-state index >= 15 is 0 Å². The van der Waals surface area contributed by atoms with Crippen LogP contribution >= 0.6 is 11.6 Å². The van der Waals surface area contributed by atoms with Crippen LogP contribution in [-0.2, 0) is 4.79 Å². The number of halogens is 1. The van der Waals surface area contributed by atoms with Crippen LogP contribution in [0.25, 0.3) is 0 Å². The Morgan fingerprint density at radius 1 is 1.24 bits per heavy atom. The summed E-state index contributed by atoms with van der Waals surface area (Å²) in [4.78, 5) is 24.5. The van der Waals surface area contributed by atoms with Crippen molar-refractivity contribution in [1.82, 2.24) is 10.2 Å². The number of benzene rings is 1. The average molecular weight is 313 g/mol. The van der Waals surface area contributed by atoms with E-state index in [-0.39, 0.29) is 12.3 Å². The summed E-state index contributed by atoms with van der Waals surface area (Å²) in [5.74, 6) is -0.907. The van der Waals surface area contributed by atoms with Gasteiger partial charge in [0.25, 0.3) is 5.91 Å². The molecule has 2 N–H and O–H groups in total. The number of likely N-dealkylation sites (N-methyl/N-ethyl adjacent to an activating group) is 1. The number of nitrogens with one attached hydrogen (secondary N) is 1. The van der Waals surface area contributed by atoms with Crippen molar-refractivity contribution in [2.75, 3.05) is 26.2 Å². The van der Waals surface area contributed by atoms with Crippen LogP contribution in [0.2, 0.25) is 5.02 Å². The third-order valence-corrected chi connectivity index (χ3v) is 3.38. The van der Waals surface area contributed by atoms with Crippen LogP contribution in [0.3, 0.4) is 0 Å². The van der Waals surface area contributed by atoms with Crippen LogP contribution in [0.5, 0.6) is 0 Å². The molecule has 1 amide bonds. The molecule has 6 heteroatoms. The number of nitrogens with zero attached hydrogens (tertiary/aromatic N) is 1. The second-order valence-electron chi connectivity index (χ2n) is 4.69. The van der Waals surface area contributed by atoms with Crippen LogP contribution in [0.15, 0.2) is 24.3 Å². The summed E-state index contributed by atoms with van der Waals surface area (Å²) in [5, 5.41) is 12.1. The summed E-state index contributed by atoms with van der Waals surface area (Å²) in [6.07, 6.45) is 0.794. The van der Waals surface area contributed by atoms with Gasteiger partial charge in [0.05, 0.1) is 0 Å². The van der Waals surface area contributed by atoms with Crippen molar-refractivity contribution in [2.24, 2.45) is 0 Å². The molecule has 0 atom stereocenters. The fraction of sp³-hybridized carbons (Fsp3) is 0.467. The average Bonchev–Trinajstić information content (AvgIpc) is 2.45. The van der Waals surface area contributed by atoms with E-state index in [9.17, 15) is 9.59 Å². The molecule has 0 aliphatic rings. The van der Waals surface area contributed by atoms with E-state index in [4.69, 9.17) is 16.7 Å². The lowest BCUT2D eigenvalue weighted by Crippen LogP contribution is -2.35. The van der Waals surface area contributed by atoms with E-state index in [1.54, 1.807) is 24.3 Å². The standard InChI is InChI=1S/C15H21ClN2O3/c1-2-18(10-3-4-14(19)20)11-9-17-15(21)12-5-7-13(16)8-6-12/h5-8H,2-4,9-11H2,1H3,(H,17,21)(H,19,20). The van der Waals surface area contributed by atoms with E-state index in [2.05, 4.69) is 10.2 Å². The third-order valence-electron chi connectivity index (χ3n) is 3.13. The van der Waals surface area contributed by atoms with E-state index in [1.807, 2.05) is 6.92 Å². The first kappa shape index (κ1) is 17.5. The summed E-state index contributed by atoms with van der Waals surface area (Å²) < 4.78 is 0. The molecule has 0 saturated heterocycles. The summed E-state index contributed by atoms with van der Waals surface area (Å²) in [6, 6.07) is 6.73. The van der Waals surface area contributed by atoms with Crippen molar-refractivity contribution in [3.63, 3.8) is 0 Å². The molecule has 0 aliphatic carbocycles. The highest BCUT2D eigenvalue weighted by molar-refractivity contribution is 6.30. The lowest BCUT2D eigenvalue weighted by atomic mass is 10.2. The van der Waals surface area contributed by atoms with E-state index in [0.29, 0.717) is 30.1 Å². The summed E-state index contributed by atoms with van der Waals surface area (Å²) in [7, 11) is 0. The van der Waals surface area contributed by atoms with Gasteiger partial charge in [-0.2, -0.15) is 0 Å². The number of carboxylic acid groups (broad SMARTS) is 1. The largest absolute Gasteiger partial charge is 0.481 e. The van der Waals surface area contributed by atoms with Gasteiger partial charge in [-0.05, 0) is 43.8 Å². The van der Waals surface area contributed by atoms with Gasteiger partial charge in [0.2, 0.25) is 0 Å². The lowest BCUT2D eigenvalue weighted by Gasteiger charge is -2.20. The summed E-state index contributed by atoms with van der Waals surface area (Å²) >= 11 is 5.77. The maximum atomic E-state index is 11.9. The number of hydrogen-bond donors (Lipinski definition) is 2. The first-order chi connectivity index (χ1) is 10.0. The zero-order valence-corrected chi connectivity index (χ0v) is 12.9. The van der Waals surface area contributed by atoms with E-state index < -0.39 is 5.97 Å². The zero-order valence-electron chi connectivity index (χ0n) is 12.1. The van der Waals surface area contributed by atoms with Gasteiger partial charge in [-0.25, -0.2) is 0 Å². The summed E-state index contributed by atoms with van der Waals surface area (Å²) in [5.41, 5.74) is 0.577. The van der Waals surface area contributed by atoms with Gasteiger partial charge in [0.15, 0.2) is 0 Å². The molecule has 0 unspecified atom stereocenters. The Bertz CT molecular complexity index is 462. The molecule has 0 fully saturated rings. The normalized spacial score (nSPS) is 10.6. The number of carbonyl (C=O) groups excluding carboxylic acids is 1. The smallest absolute Gasteiger partial charge is 0.303 e. The van der Waals surface area contributed by atoms with E-state index in [1.165, 1.54) is 0 Å². The molecule has 0 aliphatic heterocycles. The topological polar surface area (TPSA) is 69.6 Å². The predicted molar refractivity (Wildman–Crippen MR) is 82.8 cm³/mol. The van der Waals surface area contributed by atoms with Gasteiger partial charge in [-0.1, -0.05) is 18.5 Å². The molecule has 21 heavy (non-hydrogen) atoms. The van der Waals surface area contributed by atoms with Crippen molar-refractivity contribution >= 4 is 23.5 Å². The number of carboxylic acids is 1. The fourth-order valence-corrected chi connectivity index (χ4v) is 2.04. The van der Waals surface area contributed by atoms with Gasteiger partial charge in [-0.3, -0.25) is 9.59 Å². The number of rotatable bonds is 9. The van der Waals surface area contributed by atoms with Crippen LogP contribution in [-0.4, -0.2) is 48.1 Å². The molecule has 0 saturated carbocycles. The minimum Gasteiger partial charge on any atom is -0.481 e. The van der Waals surface area contributed by atoms with Gasteiger partial charge >= 0.3 is 5.97 Å². The highest BCUT2D eigenvalue weighted by Crippen LogP contribution is 2.09. The molecule has 1 aromatic carbocycles. The van der Waals surface area contributed by atoms with Gasteiger partial charge in [-0.15, -0.1) is 0 Å². The van der Waals surface area contributed by atoms with Crippen LogP contribution in [0, 0.1) is 0 Å². The molecule has 1 aromatic rings. The number of carbonyl (C=O) groups is 2. The minimum atomic E-state index is -0.776. The van der Waals surface area contributed by atoms with Gasteiger partial charge < -0.3 is 15.3 Å². The molecule has 0 spiro atoms. The SMILES string of the molecule is CCN(CCCC(=O)O)CCNC(=O)c1ccc(Cl)cc1. The Labute approximate surface area is 129 Å². The molecule has 116 valence electrons. The maximum absolute atomic E-state index is 11.9. The van der Waals surface area contributed by atoms with Crippen molar-refractivity contribution in [3.8, 4) is 0 Å². The number of hydrogen-bond acceptors (Lipinski definition) is 3. The van der Waals surface area contributed by atoms with Crippen LogP contribution in [0.4, 0.5) is 0 Å². The van der Waals surface area contributed by atoms with Crippen molar-refractivity contribution < 1.29 is 14.7 Å². The Morgan fingerprint density at radius 2 is 1.90 bits per heavy atom. The zero-order chi connectivity index (χ0) is 15.7. The molecule has 0 bridgehead atoms. The van der Waals surface area contributed by atoms with E-state index in [0.717, 1.165) is 13.1 Å². The van der Waals surface area contributed by atoms with Crippen molar-refractivity contribution in [2.45, 2.75) is 19.8 Å².